The quantitative estimate of drug-likeness (QED) is 0.253. The smallest absolute Gasteiger partial charge is 0.0715 e. The van der Waals surface area contributed by atoms with Crippen LogP contribution in [0.25, 0.3) is 43.7 Å². The first-order valence-electron chi connectivity index (χ1n) is 8.57. The Balaban J connectivity index is 1.76. The van der Waals surface area contributed by atoms with Crippen molar-refractivity contribution in [2.75, 3.05) is 0 Å². The van der Waals surface area contributed by atoms with Crippen LogP contribution in [0.4, 0.5) is 0 Å². The van der Waals surface area contributed by atoms with E-state index in [0.29, 0.717) is 0 Å². The molecule has 118 valence electrons. The molecule has 1 nitrogen and oxygen atoms in total. The predicted molar refractivity (Wildman–Crippen MR) is 107 cm³/mol. The van der Waals surface area contributed by atoms with E-state index in [4.69, 9.17) is 4.98 Å². The van der Waals surface area contributed by atoms with Crippen molar-refractivity contribution < 1.29 is 0 Å². The second-order valence-electron chi connectivity index (χ2n) is 6.62. The molecule has 0 aliphatic carbocycles. The lowest BCUT2D eigenvalue weighted by Gasteiger charge is -2.08. The van der Waals surface area contributed by atoms with Gasteiger partial charge in [0.25, 0.3) is 0 Å². The highest BCUT2D eigenvalue weighted by Gasteiger charge is 2.06. The average Bonchev–Trinajstić information content (AvgIpc) is 2.66. The molecular formula is C24H17N. The fraction of sp³-hybridized carbons (Fsp3) is 0.0417. The van der Waals surface area contributed by atoms with Gasteiger partial charge in [-0.1, -0.05) is 66.2 Å². The highest BCUT2D eigenvalue weighted by Crippen LogP contribution is 2.30. The van der Waals surface area contributed by atoms with Gasteiger partial charge in [0, 0.05) is 10.9 Å². The highest BCUT2D eigenvalue weighted by atomic mass is 14.7. The van der Waals surface area contributed by atoms with Crippen LogP contribution in [-0.2, 0) is 0 Å². The van der Waals surface area contributed by atoms with Gasteiger partial charge in [0.15, 0.2) is 0 Å². The summed E-state index contributed by atoms with van der Waals surface area (Å²) in [6.45, 7) is 2.11. The molecule has 0 radical (unpaired) electrons. The molecule has 0 saturated heterocycles. The molecule has 0 unspecified atom stereocenters. The number of fused-ring (bicyclic) bond motifs is 4. The Labute approximate surface area is 146 Å². The second kappa shape index (κ2) is 5.42. The summed E-state index contributed by atoms with van der Waals surface area (Å²) in [6.07, 6.45) is 0. The Morgan fingerprint density at radius 3 is 2.16 bits per heavy atom. The zero-order valence-electron chi connectivity index (χ0n) is 14.0. The summed E-state index contributed by atoms with van der Waals surface area (Å²) in [5.74, 6) is 0. The Hall–Kier alpha value is -3.19. The topological polar surface area (TPSA) is 12.9 Å². The van der Waals surface area contributed by atoms with Crippen LogP contribution < -0.4 is 0 Å². The Morgan fingerprint density at radius 2 is 1.36 bits per heavy atom. The molecule has 0 aliphatic heterocycles. The Kier molecular flexibility index (Phi) is 3.07. The number of hydrogen-bond donors (Lipinski definition) is 0. The summed E-state index contributed by atoms with van der Waals surface area (Å²) in [7, 11) is 0. The standard InChI is InChI=1S/C24H17N/c1-16-6-8-17(9-7-16)23-13-11-21-22-15-19-5-3-2-4-18(19)14-20(22)10-12-24(21)25-23/h2-15H,1H3. The lowest BCUT2D eigenvalue weighted by atomic mass is 9.99. The van der Waals surface area contributed by atoms with Crippen LogP contribution in [-0.4, -0.2) is 4.98 Å². The summed E-state index contributed by atoms with van der Waals surface area (Å²) in [6, 6.07) is 30.2. The number of aromatic nitrogens is 1. The molecule has 0 spiro atoms. The van der Waals surface area contributed by atoms with E-state index < -0.39 is 0 Å². The van der Waals surface area contributed by atoms with E-state index in [-0.39, 0.29) is 0 Å². The van der Waals surface area contributed by atoms with Crippen LogP contribution in [0.3, 0.4) is 0 Å². The maximum atomic E-state index is 4.91. The number of rotatable bonds is 1. The SMILES string of the molecule is Cc1ccc(-c2ccc3c(ccc4cc5ccccc5cc43)n2)cc1. The van der Waals surface area contributed by atoms with E-state index in [9.17, 15) is 0 Å². The highest BCUT2D eigenvalue weighted by molar-refractivity contribution is 6.11. The van der Waals surface area contributed by atoms with Crippen molar-refractivity contribution in [2.45, 2.75) is 6.92 Å². The molecule has 5 rings (SSSR count). The maximum Gasteiger partial charge on any atom is 0.0715 e. The van der Waals surface area contributed by atoms with E-state index >= 15 is 0 Å². The van der Waals surface area contributed by atoms with Gasteiger partial charge in [0.1, 0.15) is 0 Å². The maximum absolute atomic E-state index is 4.91. The fourth-order valence-electron chi connectivity index (χ4n) is 3.51. The third kappa shape index (κ3) is 2.36. The van der Waals surface area contributed by atoms with Gasteiger partial charge >= 0.3 is 0 Å². The zero-order chi connectivity index (χ0) is 16.8. The molecule has 25 heavy (non-hydrogen) atoms. The van der Waals surface area contributed by atoms with Gasteiger partial charge in [-0.15, -0.1) is 0 Å². The zero-order valence-corrected chi connectivity index (χ0v) is 14.0. The third-order valence-electron chi connectivity index (χ3n) is 4.90. The van der Waals surface area contributed by atoms with Crippen LogP contribution in [0.2, 0.25) is 0 Å². The molecule has 0 N–H and O–H groups in total. The predicted octanol–water partition coefficient (Wildman–Crippen LogP) is 6.52. The molecule has 1 aromatic heterocycles. The van der Waals surface area contributed by atoms with Crippen LogP contribution in [0, 0.1) is 6.92 Å². The van der Waals surface area contributed by atoms with Gasteiger partial charge in [0.2, 0.25) is 0 Å². The first kappa shape index (κ1) is 14.2. The fourth-order valence-corrected chi connectivity index (χ4v) is 3.51. The lowest BCUT2D eigenvalue weighted by molar-refractivity contribution is 1.39. The van der Waals surface area contributed by atoms with Gasteiger partial charge in [-0.2, -0.15) is 0 Å². The molecule has 4 aromatic carbocycles. The molecule has 0 amide bonds. The molecule has 0 saturated carbocycles. The normalized spacial score (nSPS) is 11.4. The first-order chi connectivity index (χ1) is 12.3. The molecule has 0 fully saturated rings. The molecule has 0 bridgehead atoms. The van der Waals surface area contributed by atoms with Crippen molar-refractivity contribution in [2.24, 2.45) is 0 Å². The van der Waals surface area contributed by atoms with Crippen molar-refractivity contribution in [1.29, 1.82) is 0 Å². The van der Waals surface area contributed by atoms with Crippen LogP contribution in [0.15, 0.2) is 84.9 Å². The average molecular weight is 319 g/mol. The number of benzene rings is 4. The summed E-state index contributed by atoms with van der Waals surface area (Å²) in [4.78, 5) is 4.91. The molecule has 5 aromatic rings. The van der Waals surface area contributed by atoms with Gasteiger partial charge in [-0.25, -0.2) is 4.98 Å². The summed E-state index contributed by atoms with van der Waals surface area (Å²) in [5, 5.41) is 6.28. The van der Waals surface area contributed by atoms with Crippen molar-refractivity contribution in [1.82, 2.24) is 4.98 Å². The summed E-state index contributed by atoms with van der Waals surface area (Å²) >= 11 is 0. The number of hydrogen-bond acceptors (Lipinski definition) is 1. The summed E-state index contributed by atoms with van der Waals surface area (Å²) < 4.78 is 0. The Morgan fingerprint density at radius 1 is 0.600 bits per heavy atom. The van der Waals surface area contributed by atoms with Crippen LogP contribution in [0.1, 0.15) is 5.56 Å². The number of aryl methyl sites for hydroxylation is 1. The minimum atomic E-state index is 1.02. The lowest BCUT2D eigenvalue weighted by Crippen LogP contribution is -1.87. The van der Waals surface area contributed by atoms with Gasteiger partial charge in [-0.05, 0) is 52.7 Å². The van der Waals surface area contributed by atoms with Crippen molar-refractivity contribution in [3.8, 4) is 11.3 Å². The number of pyridine rings is 1. The van der Waals surface area contributed by atoms with E-state index in [1.54, 1.807) is 0 Å². The van der Waals surface area contributed by atoms with Crippen LogP contribution >= 0.6 is 0 Å². The van der Waals surface area contributed by atoms with E-state index in [2.05, 4.69) is 91.9 Å². The van der Waals surface area contributed by atoms with Crippen molar-refractivity contribution in [3.05, 3.63) is 90.5 Å². The molecular weight excluding hydrogens is 302 g/mol. The van der Waals surface area contributed by atoms with Crippen molar-refractivity contribution >= 4 is 32.4 Å². The van der Waals surface area contributed by atoms with Gasteiger partial charge in [0.05, 0.1) is 11.2 Å². The Bertz CT molecular complexity index is 1230. The van der Waals surface area contributed by atoms with E-state index in [0.717, 1.165) is 16.8 Å². The third-order valence-corrected chi connectivity index (χ3v) is 4.90. The monoisotopic (exact) mass is 319 g/mol. The summed E-state index contributed by atoms with van der Waals surface area (Å²) in [5.41, 5.74) is 4.49. The van der Waals surface area contributed by atoms with E-state index in [1.165, 1.54) is 32.5 Å². The molecule has 1 heterocycles. The minimum Gasteiger partial charge on any atom is -0.248 e. The minimum absolute atomic E-state index is 1.02. The largest absolute Gasteiger partial charge is 0.248 e. The van der Waals surface area contributed by atoms with Crippen molar-refractivity contribution in [3.63, 3.8) is 0 Å². The molecule has 1 heteroatoms. The first-order valence-corrected chi connectivity index (χ1v) is 8.57. The second-order valence-corrected chi connectivity index (χ2v) is 6.62. The van der Waals surface area contributed by atoms with Gasteiger partial charge < -0.3 is 0 Å². The van der Waals surface area contributed by atoms with Crippen LogP contribution in [0.5, 0.6) is 0 Å². The van der Waals surface area contributed by atoms with E-state index in [1.807, 2.05) is 0 Å². The molecule has 0 atom stereocenters. The molecule has 0 aliphatic rings. The van der Waals surface area contributed by atoms with Gasteiger partial charge in [-0.3, -0.25) is 0 Å². The number of nitrogens with zero attached hydrogens (tertiary/aromatic N) is 1.